The Morgan fingerprint density at radius 2 is 0.532 bits per heavy atom. The Labute approximate surface area is 360 Å². The van der Waals surface area contributed by atoms with Crippen LogP contribution in [0.1, 0.15) is 0 Å². The van der Waals surface area contributed by atoms with Gasteiger partial charge in [-0.05, 0) is 62.0 Å². The lowest BCUT2D eigenvalue weighted by molar-refractivity contribution is 1.07. The molecule has 0 radical (unpaired) electrons. The summed E-state index contributed by atoms with van der Waals surface area (Å²) in [6.07, 6.45) is 0. The average Bonchev–Trinajstić information content (AvgIpc) is 3.37. The second-order valence-corrected chi connectivity index (χ2v) is 15.4. The van der Waals surface area contributed by atoms with E-state index in [1.54, 1.807) is 0 Å². The van der Waals surface area contributed by atoms with Gasteiger partial charge < -0.3 is 0 Å². The number of hydrogen-bond acceptors (Lipinski definition) is 4. The highest BCUT2D eigenvalue weighted by Gasteiger charge is 2.18. The number of fused-ring (bicyclic) bond motifs is 3. The van der Waals surface area contributed by atoms with Crippen molar-refractivity contribution in [1.29, 1.82) is 0 Å². The van der Waals surface area contributed by atoms with E-state index in [1.165, 1.54) is 27.8 Å². The second-order valence-electron chi connectivity index (χ2n) is 15.4. The van der Waals surface area contributed by atoms with Crippen molar-refractivity contribution in [2.24, 2.45) is 0 Å². The van der Waals surface area contributed by atoms with E-state index in [2.05, 4.69) is 170 Å². The van der Waals surface area contributed by atoms with E-state index in [-0.39, 0.29) is 0 Å². The Morgan fingerprint density at radius 3 is 1.00 bits per heavy atom. The molecule has 11 rings (SSSR count). The molecule has 0 unspecified atom stereocenters. The number of aromatic nitrogens is 4. The van der Waals surface area contributed by atoms with Crippen LogP contribution in [0.3, 0.4) is 0 Å². The predicted molar refractivity (Wildman–Crippen MR) is 256 cm³/mol. The fourth-order valence-corrected chi connectivity index (χ4v) is 8.35. The topological polar surface area (TPSA) is 51.6 Å². The van der Waals surface area contributed by atoms with Crippen LogP contribution in [0.15, 0.2) is 231 Å². The van der Waals surface area contributed by atoms with E-state index in [0.717, 1.165) is 66.3 Å². The number of hydrogen-bond donors (Lipinski definition) is 0. The first-order chi connectivity index (χ1) is 30.7. The Hall–Kier alpha value is -8.34. The van der Waals surface area contributed by atoms with E-state index in [1.807, 2.05) is 60.7 Å². The van der Waals surface area contributed by atoms with Crippen LogP contribution >= 0.6 is 0 Å². The van der Waals surface area contributed by atoms with Crippen molar-refractivity contribution in [2.45, 2.75) is 0 Å². The summed E-state index contributed by atoms with van der Waals surface area (Å²) in [5.74, 6) is 1.89. The van der Waals surface area contributed by atoms with Crippen molar-refractivity contribution in [1.82, 2.24) is 19.9 Å². The number of nitrogens with zero attached hydrogens (tertiary/aromatic N) is 4. The van der Waals surface area contributed by atoms with Crippen molar-refractivity contribution in [2.75, 3.05) is 0 Å². The third-order valence-electron chi connectivity index (χ3n) is 11.6. The Kier molecular flexibility index (Phi) is 9.49. The van der Waals surface area contributed by atoms with E-state index in [4.69, 9.17) is 19.9 Å². The first-order valence-corrected chi connectivity index (χ1v) is 20.9. The number of rotatable bonds is 8. The number of benzene rings is 9. The molecule has 0 fully saturated rings. The smallest absolute Gasteiger partial charge is 0.164 e. The van der Waals surface area contributed by atoms with Gasteiger partial charge in [0, 0.05) is 33.0 Å². The molecule has 0 bridgehead atoms. The zero-order chi connectivity index (χ0) is 41.2. The molecule has 4 heteroatoms. The van der Waals surface area contributed by atoms with Crippen LogP contribution in [-0.4, -0.2) is 19.9 Å². The third kappa shape index (κ3) is 7.10. The summed E-state index contributed by atoms with van der Waals surface area (Å²) in [7, 11) is 0. The molecule has 2 heterocycles. The zero-order valence-electron chi connectivity index (χ0n) is 33.7. The van der Waals surface area contributed by atoms with Gasteiger partial charge in [0.15, 0.2) is 17.5 Å². The summed E-state index contributed by atoms with van der Waals surface area (Å²) in [4.78, 5) is 20.3. The van der Waals surface area contributed by atoms with Crippen LogP contribution in [0.5, 0.6) is 0 Å². The first kappa shape index (κ1) is 36.7. The van der Waals surface area contributed by atoms with Gasteiger partial charge in [0.25, 0.3) is 0 Å². The summed E-state index contributed by atoms with van der Waals surface area (Å²) in [6.45, 7) is 0. The third-order valence-corrected chi connectivity index (χ3v) is 11.6. The average molecular weight is 791 g/mol. The Bertz CT molecular complexity index is 3280. The molecule has 0 spiro atoms. The Balaban J connectivity index is 1.05. The molecule has 9 aromatic carbocycles. The van der Waals surface area contributed by atoms with Gasteiger partial charge in [0.2, 0.25) is 0 Å². The quantitative estimate of drug-likeness (QED) is 0.144. The fourth-order valence-electron chi connectivity index (χ4n) is 8.35. The van der Waals surface area contributed by atoms with Gasteiger partial charge in [-0.25, -0.2) is 19.9 Å². The predicted octanol–water partition coefficient (Wildman–Crippen LogP) is 14.9. The summed E-state index contributed by atoms with van der Waals surface area (Å²) in [5.41, 5.74) is 15.0. The lowest BCUT2D eigenvalue weighted by Gasteiger charge is -2.16. The molecule has 290 valence electrons. The second kappa shape index (κ2) is 16.0. The maximum absolute atomic E-state index is 5.48. The van der Waals surface area contributed by atoms with E-state index in [9.17, 15) is 0 Å². The molecule has 0 aliphatic carbocycles. The molecule has 0 saturated carbocycles. The van der Waals surface area contributed by atoms with Crippen molar-refractivity contribution >= 4 is 21.7 Å². The zero-order valence-corrected chi connectivity index (χ0v) is 33.7. The molecule has 2 aromatic heterocycles. The highest BCUT2D eigenvalue weighted by molar-refractivity contribution is 6.16. The summed E-state index contributed by atoms with van der Waals surface area (Å²) in [6, 6.07) is 80.8. The minimum Gasteiger partial charge on any atom is -0.247 e. The van der Waals surface area contributed by atoms with Crippen molar-refractivity contribution in [3.63, 3.8) is 0 Å². The molecule has 62 heavy (non-hydrogen) atoms. The molecule has 0 atom stereocenters. The molecule has 0 aliphatic heterocycles. The van der Waals surface area contributed by atoms with Gasteiger partial charge >= 0.3 is 0 Å². The molecule has 0 aliphatic rings. The molecular weight excluding hydrogens is 753 g/mol. The lowest BCUT2D eigenvalue weighted by atomic mass is 9.90. The molecule has 11 aromatic rings. The minimum absolute atomic E-state index is 0.616. The standard InChI is InChI=1S/C58H38N4/c1-5-15-39(16-6-1)41-25-29-43(30-26-41)51-37-53-52(44-31-27-42(28-32-44)40-17-7-2-8-18-40)38-54(59-55(53)50-24-14-13-23-49(50)51)45-33-35-48(36-34-45)58-61-56(46-19-9-3-10-20-46)60-57(62-58)47-21-11-4-12-22-47/h1-38H. The molecular formula is C58H38N4. The molecule has 4 nitrogen and oxygen atoms in total. The minimum atomic E-state index is 0.616. The van der Waals surface area contributed by atoms with Crippen LogP contribution in [0.25, 0.3) is 112 Å². The molecule has 0 N–H and O–H groups in total. The molecule has 0 saturated heterocycles. The van der Waals surface area contributed by atoms with Crippen molar-refractivity contribution < 1.29 is 0 Å². The van der Waals surface area contributed by atoms with Crippen LogP contribution in [0.4, 0.5) is 0 Å². The van der Waals surface area contributed by atoms with Gasteiger partial charge in [0.05, 0.1) is 11.2 Å². The van der Waals surface area contributed by atoms with Crippen LogP contribution in [0, 0.1) is 0 Å². The van der Waals surface area contributed by atoms with Gasteiger partial charge in [0.1, 0.15) is 0 Å². The van der Waals surface area contributed by atoms with Crippen molar-refractivity contribution in [3.05, 3.63) is 231 Å². The summed E-state index contributed by atoms with van der Waals surface area (Å²) < 4.78 is 0. The van der Waals surface area contributed by atoms with Gasteiger partial charge in [-0.3, -0.25) is 0 Å². The highest BCUT2D eigenvalue weighted by Crippen LogP contribution is 2.41. The van der Waals surface area contributed by atoms with Crippen LogP contribution in [-0.2, 0) is 0 Å². The van der Waals surface area contributed by atoms with Crippen LogP contribution < -0.4 is 0 Å². The van der Waals surface area contributed by atoms with Crippen LogP contribution in [0.2, 0.25) is 0 Å². The van der Waals surface area contributed by atoms with E-state index >= 15 is 0 Å². The maximum atomic E-state index is 5.48. The normalized spacial score (nSPS) is 11.2. The van der Waals surface area contributed by atoms with Crippen molar-refractivity contribution in [3.8, 4) is 89.9 Å². The Morgan fingerprint density at radius 1 is 0.210 bits per heavy atom. The highest BCUT2D eigenvalue weighted by atomic mass is 15.0. The molecule has 0 amide bonds. The largest absolute Gasteiger partial charge is 0.247 e. The summed E-state index contributed by atoms with van der Waals surface area (Å²) in [5, 5.41) is 3.38. The number of pyridine rings is 1. The van der Waals surface area contributed by atoms with E-state index < -0.39 is 0 Å². The monoisotopic (exact) mass is 790 g/mol. The first-order valence-electron chi connectivity index (χ1n) is 20.9. The van der Waals surface area contributed by atoms with E-state index in [0.29, 0.717) is 17.5 Å². The van der Waals surface area contributed by atoms with Gasteiger partial charge in [-0.2, -0.15) is 0 Å². The van der Waals surface area contributed by atoms with Gasteiger partial charge in [-0.1, -0.05) is 218 Å². The maximum Gasteiger partial charge on any atom is 0.164 e. The summed E-state index contributed by atoms with van der Waals surface area (Å²) >= 11 is 0. The van der Waals surface area contributed by atoms with Gasteiger partial charge in [-0.15, -0.1) is 0 Å². The SMILES string of the molecule is c1ccc(-c2ccc(-c3cc4c(-c5ccc(-c6ccccc6)cc5)cc(-c5ccc(-c6nc(-c7ccccc7)nc(-c7ccccc7)n6)cc5)nc4c4ccccc34)cc2)cc1. The fraction of sp³-hybridized carbons (Fsp3) is 0. The lowest BCUT2D eigenvalue weighted by Crippen LogP contribution is -2.00.